The summed E-state index contributed by atoms with van der Waals surface area (Å²) >= 11 is 0. The number of carbonyl (C=O) groups excluding carboxylic acids is 1. The minimum atomic E-state index is -0.360. The molecule has 1 atom stereocenters. The number of nitrogens with two attached hydrogens (primary N) is 1. The Morgan fingerprint density at radius 1 is 0.962 bits per heavy atom. The van der Waals surface area contributed by atoms with Crippen LogP contribution in [0.2, 0.25) is 0 Å². The van der Waals surface area contributed by atoms with Crippen LogP contribution in [-0.2, 0) is 0 Å². The Bertz CT molecular complexity index is 513. The molecule has 0 aromatic heterocycles. The van der Waals surface area contributed by atoms with Crippen molar-refractivity contribution in [3.63, 3.8) is 0 Å². The molecule has 0 spiro atoms. The van der Waals surface area contributed by atoms with Gasteiger partial charge in [-0.15, -0.1) is 0 Å². The van der Waals surface area contributed by atoms with Crippen LogP contribution >= 0.6 is 0 Å². The fourth-order valence-electron chi connectivity index (χ4n) is 3.47. The van der Waals surface area contributed by atoms with E-state index in [-0.39, 0.29) is 11.8 Å². The monoisotopic (exact) mass is 361 g/mol. The maximum atomic E-state index is 11.8. The normalized spacial score (nSPS) is 12.1. The summed E-state index contributed by atoms with van der Waals surface area (Å²) < 4.78 is 6.07. The molecule has 0 aliphatic rings. The molecule has 2 N–H and O–H groups in total. The molecule has 1 unspecified atom stereocenters. The van der Waals surface area contributed by atoms with E-state index in [0.717, 1.165) is 37.0 Å². The predicted octanol–water partition coefficient (Wildman–Crippen LogP) is 6.60. The number of rotatable bonds is 15. The van der Waals surface area contributed by atoms with Crippen molar-refractivity contribution >= 4 is 5.91 Å². The molecule has 1 rings (SSSR count). The summed E-state index contributed by atoms with van der Waals surface area (Å²) in [6.45, 7) is 7.32. The van der Waals surface area contributed by atoms with Crippen LogP contribution in [0, 0.1) is 0 Å². The van der Waals surface area contributed by atoms with Crippen molar-refractivity contribution in [2.24, 2.45) is 5.73 Å². The zero-order chi connectivity index (χ0) is 19.2. The van der Waals surface area contributed by atoms with Crippen LogP contribution in [0.4, 0.5) is 0 Å². The van der Waals surface area contributed by atoms with Gasteiger partial charge < -0.3 is 10.5 Å². The molecule has 0 aliphatic heterocycles. The van der Waals surface area contributed by atoms with Crippen molar-refractivity contribution in [3.05, 3.63) is 29.3 Å². The lowest BCUT2D eigenvalue weighted by Gasteiger charge is -2.19. The molecule has 0 saturated heterocycles. The molecule has 0 saturated carbocycles. The highest BCUT2D eigenvalue weighted by Gasteiger charge is 2.19. The average molecular weight is 362 g/mol. The predicted molar refractivity (Wildman–Crippen MR) is 111 cm³/mol. The molecule has 3 nitrogen and oxygen atoms in total. The largest absolute Gasteiger partial charge is 0.493 e. The second-order valence-corrected chi connectivity index (χ2v) is 7.45. The molecule has 1 amide bonds. The Kier molecular flexibility index (Phi) is 11.8. The Balaban J connectivity index is 2.52. The molecule has 0 heterocycles. The van der Waals surface area contributed by atoms with Gasteiger partial charge in [0.2, 0.25) is 5.91 Å². The molecule has 1 aromatic rings. The fraction of sp³-hybridized carbons (Fsp3) is 0.696. The van der Waals surface area contributed by atoms with Gasteiger partial charge in [0, 0.05) is 11.1 Å². The van der Waals surface area contributed by atoms with Gasteiger partial charge in [0.05, 0.1) is 6.61 Å². The first-order chi connectivity index (χ1) is 12.6. The summed E-state index contributed by atoms with van der Waals surface area (Å²) in [5.41, 5.74) is 7.21. The lowest BCUT2D eigenvalue weighted by atomic mass is 9.90. The lowest BCUT2D eigenvalue weighted by molar-refractivity contribution is 0.0998. The molecule has 1 aromatic carbocycles. The van der Waals surface area contributed by atoms with E-state index in [9.17, 15) is 4.79 Å². The maximum absolute atomic E-state index is 11.8. The molecule has 3 heteroatoms. The highest BCUT2D eigenvalue weighted by atomic mass is 16.5. The third kappa shape index (κ3) is 8.25. The van der Waals surface area contributed by atoms with Gasteiger partial charge in [0.15, 0.2) is 0 Å². The zero-order valence-electron chi connectivity index (χ0n) is 17.2. The van der Waals surface area contributed by atoms with Gasteiger partial charge in [-0.2, -0.15) is 0 Å². The second-order valence-electron chi connectivity index (χ2n) is 7.45. The number of unbranched alkanes of at least 4 members (excludes halogenated alkanes) is 8. The SMILES string of the molecule is CCCCCCCCCCOc1cccc(C(N)=O)c1C(C)CCCC. The van der Waals surface area contributed by atoms with Crippen molar-refractivity contribution in [1.82, 2.24) is 0 Å². The van der Waals surface area contributed by atoms with Gasteiger partial charge in [-0.25, -0.2) is 0 Å². The van der Waals surface area contributed by atoms with E-state index in [1.807, 2.05) is 18.2 Å². The summed E-state index contributed by atoms with van der Waals surface area (Å²) in [6.07, 6.45) is 13.6. The van der Waals surface area contributed by atoms with Gasteiger partial charge in [0.25, 0.3) is 0 Å². The van der Waals surface area contributed by atoms with E-state index < -0.39 is 0 Å². The lowest BCUT2D eigenvalue weighted by Crippen LogP contribution is -2.16. The van der Waals surface area contributed by atoms with Gasteiger partial charge >= 0.3 is 0 Å². The third-order valence-corrected chi connectivity index (χ3v) is 5.07. The summed E-state index contributed by atoms with van der Waals surface area (Å²) in [5, 5.41) is 0. The number of ether oxygens (including phenoxy) is 1. The minimum Gasteiger partial charge on any atom is -0.493 e. The van der Waals surface area contributed by atoms with Crippen LogP contribution in [0.3, 0.4) is 0 Å². The summed E-state index contributed by atoms with van der Waals surface area (Å²) in [5.74, 6) is 0.765. The first-order valence-electron chi connectivity index (χ1n) is 10.7. The van der Waals surface area contributed by atoms with Crippen LogP contribution in [0.1, 0.15) is 113 Å². The quantitative estimate of drug-likeness (QED) is 0.358. The van der Waals surface area contributed by atoms with Gasteiger partial charge in [-0.05, 0) is 30.9 Å². The van der Waals surface area contributed by atoms with Crippen molar-refractivity contribution in [2.45, 2.75) is 97.3 Å². The number of amides is 1. The van der Waals surface area contributed by atoms with Crippen molar-refractivity contribution in [3.8, 4) is 5.75 Å². The maximum Gasteiger partial charge on any atom is 0.249 e. The molecule has 0 radical (unpaired) electrons. The molecule has 0 bridgehead atoms. The number of carbonyl (C=O) groups is 1. The minimum absolute atomic E-state index is 0.284. The molecular formula is C23H39NO2. The van der Waals surface area contributed by atoms with Crippen LogP contribution in [-0.4, -0.2) is 12.5 Å². The number of hydrogen-bond acceptors (Lipinski definition) is 2. The van der Waals surface area contributed by atoms with Gasteiger partial charge in [-0.1, -0.05) is 84.6 Å². The van der Waals surface area contributed by atoms with E-state index in [4.69, 9.17) is 10.5 Å². The van der Waals surface area contributed by atoms with E-state index in [0.29, 0.717) is 12.2 Å². The second kappa shape index (κ2) is 13.7. The summed E-state index contributed by atoms with van der Waals surface area (Å²) in [6, 6.07) is 5.68. The van der Waals surface area contributed by atoms with Crippen molar-refractivity contribution in [1.29, 1.82) is 0 Å². The Hall–Kier alpha value is -1.51. The van der Waals surface area contributed by atoms with Gasteiger partial charge in [0.1, 0.15) is 5.75 Å². The molecule has 148 valence electrons. The van der Waals surface area contributed by atoms with Crippen LogP contribution in [0.15, 0.2) is 18.2 Å². The number of benzene rings is 1. The topological polar surface area (TPSA) is 52.3 Å². The zero-order valence-corrected chi connectivity index (χ0v) is 17.2. The molecule has 26 heavy (non-hydrogen) atoms. The first kappa shape index (κ1) is 22.5. The van der Waals surface area contributed by atoms with Gasteiger partial charge in [-0.3, -0.25) is 4.79 Å². The molecule has 0 fully saturated rings. The fourth-order valence-corrected chi connectivity index (χ4v) is 3.47. The Morgan fingerprint density at radius 3 is 2.19 bits per heavy atom. The number of hydrogen-bond donors (Lipinski definition) is 1. The van der Waals surface area contributed by atoms with Crippen LogP contribution < -0.4 is 10.5 Å². The molecular weight excluding hydrogens is 322 g/mol. The van der Waals surface area contributed by atoms with E-state index in [1.54, 1.807) is 0 Å². The van der Waals surface area contributed by atoms with E-state index in [2.05, 4.69) is 20.8 Å². The standard InChI is InChI=1S/C23H39NO2/c1-4-6-8-9-10-11-12-13-18-26-21-17-14-16-20(23(24)25)22(21)19(3)15-7-5-2/h14,16-17,19H,4-13,15,18H2,1-3H3,(H2,24,25). The summed E-state index contributed by atoms with van der Waals surface area (Å²) in [7, 11) is 0. The van der Waals surface area contributed by atoms with E-state index >= 15 is 0 Å². The first-order valence-corrected chi connectivity index (χ1v) is 10.7. The van der Waals surface area contributed by atoms with Crippen molar-refractivity contribution in [2.75, 3.05) is 6.61 Å². The third-order valence-electron chi connectivity index (χ3n) is 5.07. The smallest absolute Gasteiger partial charge is 0.249 e. The Morgan fingerprint density at radius 2 is 1.58 bits per heavy atom. The van der Waals surface area contributed by atoms with E-state index in [1.165, 1.54) is 44.9 Å². The van der Waals surface area contributed by atoms with Crippen molar-refractivity contribution < 1.29 is 9.53 Å². The highest BCUT2D eigenvalue weighted by molar-refractivity contribution is 5.95. The number of primary amides is 1. The Labute approximate surface area is 160 Å². The highest BCUT2D eigenvalue weighted by Crippen LogP contribution is 2.33. The summed E-state index contributed by atoms with van der Waals surface area (Å²) in [4.78, 5) is 11.8. The van der Waals surface area contributed by atoms with Crippen LogP contribution in [0.5, 0.6) is 5.75 Å². The van der Waals surface area contributed by atoms with Crippen LogP contribution in [0.25, 0.3) is 0 Å². The molecule has 0 aliphatic carbocycles. The average Bonchev–Trinajstić information content (AvgIpc) is 2.64.